The number of halogens is 2. The van der Waals surface area contributed by atoms with Crippen LogP contribution in [-0.2, 0) is 14.3 Å². The third kappa shape index (κ3) is 3.75. The van der Waals surface area contributed by atoms with Crippen LogP contribution in [0.4, 0.5) is 15.8 Å². The molecular weight excluding hydrogens is 387 g/mol. The molecule has 2 aromatic carbocycles. The predicted molar refractivity (Wildman–Crippen MR) is 102 cm³/mol. The Morgan fingerprint density at radius 2 is 1.71 bits per heavy atom. The molecule has 0 radical (unpaired) electrons. The second kappa shape index (κ2) is 7.82. The molecule has 0 atom stereocenters. The SMILES string of the molecule is CC(C)OC(=O)c1ccccc1N1C(=O)C(Cl)=C(Nc2ccc(F)cc2)C1=O. The molecule has 0 saturated heterocycles. The highest BCUT2D eigenvalue weighted by atomic mass is 35.5. The van der Waals surface area contributed by atoms with Gasteiger partial charge in [-0.3, -0.25) is 9.59 Å². The molecule has 3 rings (SSSR count). The van der Waals surface area contributed by atoms with Crippen LogP contribution in [0.2, 0.25) is 0 Å². The molecule has 0 unspecified atom stereocenters. The van der Waals surface area contributed by atoms with E-state index < -0.39 is 23.6 Å². The van der Waals surface area contributed by atoms with Crippen LogP contribution in [0.25, 0.3) is 0 Å². The number of imide groups is 1. The summed E-state index contributed by atoms with van der Waals surface area (Å²) in [7, 11) is 0. The molecule has 2 amide bonds. The molecule has 8 heteroatoms. The number of carbonyl (C=O) groups excluding carboxylic acids is 3. The number of esters is 1. The van der Waals surface area contributed by atoms with E-state index in [1.165, 1.54) is 36.4 Å². The Morgan fingerprint density at radius 3 is 2.36 bits per heavy atom. The van der Waals surface area contributed by atoms with Gasteiger partial charge in [0.15, 0.2) is 0 Å². The van der Waals surface area contributed by atoms with Crippen LogP contribution in [0.3, 0.4) is 0 Å². The second-order valence-corrected chi connectivity index (χ2v) is 6.62. The van der Waals surface area contributed by atoms with Gasteiger partial charge in [-0.25, -0.2) is 14.1 Å². The van der Waals surface area contributed by atoms with E-state index in [1.807, 2.05) is 0 Å². The lowest BCUT2D eigenvalue weighted by Gasteiger charge is -2.19. The number of anilines is 2. The topological polar surface area (TPSA) is 75.7 Å². The van der Waals surface area contributed by atoms with Gasteiger partial charge in [0.2, 0.25) is 0 Å². The second-order valence-electron chi connectivity index (χ2n) is 6.24. The molecular formula is C20H16ClFN2O4. The van der Waals surface area contributed by atoms with Crippen molar-refractivity contribution in [1.82, 2.24) is 0 Å². The molecule has 144 valence electrons. The Bertz CT molecular complexity index is 986. The van der Waals surface area contributed by atoms with Gasteiger partial charge >= 0.3 is 5.97 Å². The molecule has 0 fully saturated rings. The number of nitrogens with one attached hydrogen (secondary N) is 1. The summed E-state index contributed by atoms with van der Waals surface area (Å²) in [4.78, 5) is 38.7. The van der Waals surface area contributed by atoms with Gasteiger partial charge in [0.05, 0.1) is 17.4 Å². The molecule has 0 aliphatic carbocycles. The number of ether oxygens (including phenoxy) is 1. The maximum atomic E-state index is 13.1. The minimum atomic E-state index is -0.777. The number of rotatable bonds is 5. The Labute approximate surface area is 165 Å². The van der Waals surface area contributed by atoms with Crippen molar-refractivity contribution in [2.24, 2.45) is 0 Å². The van der Waals surface area contributed by atoms with Crippen molar-refractivity contribution < 1.29 is 23.5 Å². The summed E-state index contributed by atoms with van der Waals surface area (Å²) < 4.78 is 18.3. The van der Waals surface area contributed by atoms with Crippen molar-refractivity contribution in [1.29, 1.82) is 0 Å². The summed E-state index contributed by atoms with van der Waals surface area (Å²) in [5, 5.41) is 2.40. The molecule has 0 bridgehead atoms. The molecule has 0 spiro atoms. The first-order valence-corrected chi connectivity index (χ1v) is 8.78. The van der Waals surface area contributed by atoms with Crippen molar-refractivity contribution in [3.05, 3.63) is 70.6 Å². The summed E-state index contributed by atoms with van der Waals surface area (Å²) in [5.41, 5.74) is 0.345. The fourth-order valence-corrected chi connectivity index (χ4v) is 2.84. The maximum Gasteiger partial charge on any atom is 0.340 e. The standard InChI is InChI=1S/C20H16ClFN2O4/c1-11(2)28-20(27)14-5-3-4-6-15(14)24-18(25)16(21)17(19(24)26)23-13-9-7-12(22)8-10-13/h3-11,23H,1-2H3. The summed E-state index contributed by atoms with van der Waals surface area (Å²) >= 11 is 6.08. The van der Waals surface area contributed by atoms with Crippen molar-refractivity contribution in [2.45, 2.75) is 20.0 Å². The molecule has 1 N–H and O–H groups in total. The highest BCUT2D eigenvalue weighted by Crippen LogP contribution is 2.32. The average Bonchev–Trinajstić information content (AvgIpc) is 2.86. The largest absolute Gasteiger partial charge is 0.459 e. The monoisotopic (exact) mass is 402 g/mol. The van der Waals surface area contributed by atoms with Gasteiger partial charge in [0, 0.05) is 5.69 Å². The van der Waals surface area contributed by atoms with E-state index in [4.69, 9.17) is 16.3 Å². The van der Waals surface area contributed by atoms with Gasteiger partial charge in [0.25, 0.3) is 11.8 Å². The predicted octanol–water partition coefficient (Wildman–Crippen LogP) is 3.83. The highest BCUT2D eigenvalue weighted by molar-refractivity contribution is 6.53. The van der Waals surface area contributed by atoms with E-state index in [2.05, 4.69) is 5.32 Å². The summed E-state index contributed by atoms with van der Waals surface area (Å²) in [6, 6.07) is 11.3. The van der Waals surface area contributed by atoms with Crippen LogP contribution in [0.15, 0.2) is 59.3 Å². The van der Waals surface area contributed by atoms with Crippen LogP contribution < -0.4 is 10.2 Å². The number of nitrogens with zero attached hydrogens (tertiary/aromatic N) is 1. The minimum Gasteiger partial charge on any atom is -0.459 e. The van der Waals surface area contributed by atoms with Crippen molar-refractivity contribution in [3.8, 4) is 0 Å². The third-order valence-corrected chi connectivity index (χ3v) is 4.20. The van der Waals surface area contributed by atoms with E-state index in [9.17, 15) is 18.8 Å². The summed E-state index contributed by atoms with van der Waals surface area (Å²) in [6.07, 6.45) is -0.372. The number of benzene rings is 2. The molecule has 2 aromatic rings. The molecule has 6 nitrogen and oxygen atoms in total. The zero-order chi connectivity index (χ0) is 20.4. The highest BCUT2D eigenvalue weighted by Gasteiger charge is 2.40. The number of para-hydroxylation sites is 1. The Morgan fingerprint density at radius 1 is 1.07 bits per heavy atom. The number of hydrogen-bond donors (Lipinski definition) is 1. The van der Waals surface area contributed by atoms with Crippen molar-refractivity contribution in [3.63, 3.8) is 0 Å². The van der Waals surface area contributed by atoms with Gasteiger partial charge in [0.1, 0.15) is 16.5 Å². The quantitative estimate of drug-likeness (QED) is 0.607. The molecule has 1 aliphatic rings. The van der Waals surface area contributed by atoms with E-state index in [-0.39, 0.29) is 28.1 Å². The van der Waals surface area contributed by atoms with Crippen LogP contribution in [0, 0.1) is 5.82 Å². The van der Waals surface area contributed by atoms with Crippen LogP contribution in [-0.4, -0.2) is 23.9 Å². The number of amides is 2. The van der Waals surface area contributed by atoms with Crippen LogP contribution in [0.5, 0.6) is 0 Å². The van der Waals surface area contributed by atoms with Gasteiger partial charge < -0.3 is 10.1 Å². The van der Waals surface area contributed by atoms with Gasteiger partial charge in [-0.05, 0) is 50.2 Å². The minimum absolute atomic E-state index is 0.0606. The molecule has 1 aliphatic heterocycles. The first-order chi connectivity index (χ1) is 13.3. The lowest BCUT2D eigenvalue weighted by Crippen LogP contribution is -2.33. The fourth-order valence-electron chi connectivity index (χ4n) is 2.63. The molecule has 1 heterocycles. The number of carbonyl (C=O) groups is 3. The first kappa shape index (κ1) is 19.6. The lowest BCUT2D eigenvalue weighted by molar-refractivity contribution is -0.120. The Hall–Kier alpha value is -3.19. The van der Waals surface area contributed by atoms with E-state index >= 15 is 0 Å². The maximum absolute atomic E-state index is 13.1. The van der Waals surface area contributed by atoms with E-state index in [0.717, 1.165) is 4.90 Å². The van der Waals surface area contributed by atoms with E-state index in [1.54, 1.807) is 26.0 Å². The summed E-state index contributed by atoms with van der Waals surface area (Å²) in [5.74, 6) is -2.62. The van der Waals surface area contributed by atoms with Gasteiger partial charge in [-0.2, -0.15) is 0 Å². The van der Waals surface area contributed by atoms with Crippen molar-refractivity contribution in [2.75, 3.05) is 10.2 Å². The van der Waals surface area contributed by atoms with Gasteiger partial charge in [-0.1, -0.05) is 23.7 Å². The van der Waals surface area contributed by atoms with Crippen LogP contribution in [0.1, 0.15) is 24.2 Å². The van der Waals surface area contributed by atoms with E-state index in [0.29, 0.717) is 5.69 Å². The Kier molecular flexibility index (Phi) is 5.46. The van der Waals surface area contributed by atoms with Crippen LogP contribution >= 0.6 is 11.6 Å². The average molecular weight is 403 g/mol. The lowest BCUT2D eigenvalue weighted by atomic mass is 10.1. The molecule has 0 saturated carbocycles. The third-order valence-electron chi connectivity index (χ3n) is 3.85. The molecule has 28 heavy (non-hydrogen) atoms. The van der Waals surface area contributed by atoms with Gasteiger partial charge in [-0.15, -0.1) is 0 Å². The molecule has 0 aromatic heterocycles. The van der Waals surface area contributed by atoms with Crippen molar-refractivity contribution >= 4 is 40.8 Å². The smallest absolute Gasteiger partial charge is 0.340 e. The zero-order valence-corrected chi connectivity index (χ0v) is 15.8. The fraction of sp³-hybridized carbons (Fsp3) is 0.150. The summed E-state index contributed by atoms with van der Waals surface area (Å²) in [6.45, 7) is 3.38. The number of hydrogen-bond acceptors (Lipinski definition) is 5. The normalized spacial score (nSPS) is 14.1. The Balaban J connectivity index is 1.94. The first-order valence-electron chi connectivity index (χ1n) is 8.40. The zero-order valence-electron chi connectivity index (χ0n) is 15.0.